The summed E-state index contributed by atoms with van der Waals surface area (Å²) < 4.78 is 27.1. The summed E-state index contributed by atoms with van der Waals surface area (Å²) in [7, 11) is -3.79. The number of aryl methyl sites for hydroxylation is 1. The highest BCUT2D eigenvalue weighted by Crippen LogP contribution is 2.27. The Morgan fingerprint density at radius 1 is 1.21 bits per heavy atom. The number of sulfonamides is 1. The van der Waals surface area contributed by atoms with Crippen LogP contribution in [0.2, 0.25) is 5.02 Å². The number of nitrogens with one attached hydrogen (secondary N) is 1. The van der Waals surface area contributed by atoms with Gasteiger partial charge in [-0.05, 0) is 52.3 Å². The maximum Gasteiger partial charge on any atom is 0.242 e. The van der Waals surface area contributed by atoms with Gasteiger partial charge in [0.2, 0.25) is 10.0 Å². The van der Waals surface area contributed by atoms with E-state index in [1.54, 1.807) is 39.8 Å². The van der Waals surface area contributed by atoms with Crippen LogP contribution in [0, 0.1) is 6.92 Å². The van der Waals surface area contributed by atoms with Crippen LogP contribution in [-0.4, -0.2) is 24.7 Å². The van der Waals surface area contributed by atoms with E-state index in [2.05, 4.69) is 4.72 Å². The molecule has 1 aromatic rings. The van der Waals surface area contributed by atoms with Crippen LogP contribution in [0.5, 0.6) is 0 Å². The van der Waals surface area contributed by atoms with Crippen molar-refractivity contribution in [3.05, 3.63) is 28.8 Å². The summed E-state index contributed by atoms with van der Waals surface area (Å²) in [6, 6.07) is 4.73. The Balaban J connectivity index is 3.20. The molecule has 4 nitrogen and oxygen atoms in total. The summed E-state index contributed by atoms with van der Waals surface area (Å²) in [6.45, 7) is 8.16. The van der Waals surface area contributed by atoms with Crippen molar-refractivity contribution >= 4 is 21.6 Å². The standard InChI is InChI=1S/C13H20ClNO3S/c1-9-6-7-11(10(14)8-9)19(17,18)15-12(2,3)13(4,5)16/h6-8,15-16H,1-5H3. The van der Waals surface area contributed by atoms with Gasteiger partial charge in [-0.1, -0.05) is 17.7 Å². The average Bonchev–Trinajstić information content (AvgIpc) is 2.12. The van der Waals surface area contributed by atoms with Crippen LogP contribution in [0.4, 0.5) is 0 Å². The lowest BCUT2D eigenvalue weighted by Crippen LogP contribution is -2.57. The number of hydrogen-bond acceptors (Lipinski definition) is 3. The van der Waals surface area contributed by atoms with Gasteiger partial charge in [0.25, 0.3) is 0 Å². The second kappa shape index (κ2) is 5.05. The second-order valence-corrected chi connectivity index (χ2v) is 7.78. The smallest absolute Gasteiger partial charge is 0.242 e. The van der Waals surface area contributed by atoms with Crippen molar-refractivity contribution in [2.45, 2.75) is 50.7 Å². The largest absolute Gasteiger partial charge is 0.389 e. The molecule has 0 aliphatic carbocycles. The molecule has 6 heteroatoms. The molecule has 0 amide bonds. The molecule has 0 atom stereocenters. The Bertz CT molecular complexity index is 574. The fourth-order valence-electron chi connectivity index (χ4n) is 1.34. The Morgan fingerprint density at radius 3 is 2.16 bits per heavy atom. The van der Waals surface area contributed by atoms with Crippen molar-refractivity contribution < 1.29 is 13.5 Å². The summed E-state index contributed by atoms with van der Waals surface area (Å²) in [4.78, 5) is 0.0112. The van der Waals surface area contributed by atoms with Crippen molar-refractivity contribution in [2.24, 2.45) is 0 Å². The van der Waals surface area contributed by atoms with Gasteiger partial charge in [0.1, 0.15) is 4.90 Å². The summed E-state index contributed by atoms with van der Waals surface area (Å²) in [5, 5.41) is 10.2. The van der Waals surface area contributed by atoms with Crippen molar-refractivity contribution in [1.29, 1.82) is 0 Å². The molecule has 2 N–H and O–H groups in total. The third-order valence-electron chi connectivity index (χ3n) is 3.30. The van der Waals surface area contributed by atoms with Crippen LogP contribution in [0.25, 0.3) is 0 Å². The fourth-order valence-corrected chi connectivity index (χ4v) is 3.47. The van der Waals surface area contributed by atoms with E-state index in [1.807, 2.05) is 6.92 Å². The molecule has 0 unspecified atom stereocenters. The van der Waals surface area contributed by atoms with Crippen molar-refractivity contribution in [3.8, 4) is 0 Å². The fraction of sp³-hybridized carbons (Fsp3) is 0.538. The number of aliphatic hydroxyl groups is 1. The van der Waals surface area contributed by atoms with Gasteiger partial charge >= 0.3 is 0 Å². The second-order valence-electron chi connectivity index (χ2n) is 5.72. The van der Waals surface area contributed by atoms with Crippen molar-refractivity contribution in [1.82, 2.24) is 4.72 Å². The normalized spacial score (nSPS) is 13.6. The molecule has 0 bridgehead atoms. The number of rotatable bonds is 4. The van der Waals surface area contributed by atoms with Gasteiger partial charge in [0, 0.05) is 0 Å². The Kier molecular flexibility index (Phi) is 4.37. The van der Waals surface area contributed by atoms with Crippen molar-refractivity contribution in [2.75, 3.05) is 0 Å². The molecule has 1 aromatic carbocycles. The first-order valence-electron chi connectivity index (χ1n) is 5.89. The molecule has 0 fully saturated rings. The molecule has 19 heavy (non-hydrogen) atoms. The zero-order valence-electron chi connectivity index (χ0n) is 11.8. The molecular formula is C13H20ClNO3S. The van der Waals surface area contributed by atoms with Gasteiger partial charge in [-0.3, -0.25) is 0 Å². The molecule has 108 valence electrons. The summed E-state index contributed by atoms with van der Waals surface area (Å²) in [6.07, 6.45) is 0. The SMILES string of the molecule is Cc1ccc(S(=O)(=O)NC(C)(C)C(C)(C)O)c(Cl)c1. The maximum atomic E-state index is 12.3. The first-order chi connectivity index (χ1) is 8.37. The topological polar surface area (TPSA) is 66.4 Å². The summed E-state index contributed by atoms with van der Waals surface area (Å²) in [5.74, 6) is 0. The summed E-state index contributed by atoms with van der Waals surface area (Å²) in [5.41, 5.74) is -1.36. The first-order valence-corrected chi connectivity index (χ1v) is 7.75. The van der Waals surface area contributed by atoms with E-state index in [9.17, 15) is 13.5 Å². The minimum Gasteiger partial charge on any atom is -0.389 e. The van der Waals surface area contributed by atoms with E-state index >= 15 is 0 Å². The molecule has 0 aliphatic rings. The van der Waals surface area contributed by atoms with Gasteiger partial charge in [-0.15, -0.1) is 0 Å². The molecule has 0 saturated carbocycles. The molecule has 0 heterocycles. The maximum absolute atomic E-state index is 12.3. The highest BCUT2D eigenvalue weighted by molar-refractivity contribution is 7.89. The van der Waals surface area contributed by atoms with E-state index in [0.717, 1.165) is 5.56 Å². The predicted octanol–water partition coefficient (Wildman–Crippen LogP) is 2.48. The number of hydrogen-bond donors (Lipinski definition) is 2. The molecule has 0 aliphatic heterocycles. The molecular weight excluding hydrogens is 286 g/mol. The Hall–Kier alpha value is -0.620. The molecule has 0 aromatic heterocycles. The summed E-state index contributed by atoms with van der Waals surface area (Å²) >= 11 is 5.98. The van der Waals surface area contributed by atoms with E-state index in [0.29, 0.717) is 0 Å². The molecule has 0 saturated heterocycles. The van der Waals surface area contributed by atoms with Crippen LogP contribution in [0.3, 0.4) is 0 Å². The highest BCUT2D eigenvalue weighted by Gasteiger charge is 2.39. The zero-order chi connectivity index (χ0) is 15.1. The first kappa shape index (κ1) is 16.4. The molecule has 0 radical (unpaired) electrons. The van der Waals surface area contributed by atoms with Crippen LogP contribution < -0.4 is 4.72 Å². The van der Waals surface area contributed by atoms with E-state index in [-0.39, 0.29) is 9.92 Å². The van der Waals surface area contributed by atoms with Crippen LogP contribution in [0.1, 0.15) is 33.3 Å². The van der Waals surface area contributed by atoms with Gasteiger partial charge in [-0.25, -0.2) is 13.1 Å². The van der Waals surface area contributed by atoms with E-state index in [4.69, 9.17) is 11.6 Å². The lowest BCUT2D eigenvalue weighted by atomic mass is 9.87. The van der Waals surface area contributed by atoms with Gasteiger partial charge < -0.3 is 5.11 Å². The minimum atomic E-state index is -3.79. The average molecular weight is 306 g/mol. The van der Waals surface area contributed by atoms with Gasteiger partial charge in [0.05, 0.1) is 16.2 Å². The minimum absolute atomic E-state index is 0.0112. The number of benzene rings is 1. The monoisotopic (exact) mass is 305 g/mol. The third kappa shape index (κ3) is 3.69. The lowest BCUT2D eigenvalue weighted by molar-refractivity contribution is 0.00639. The van der Waals surface area contributed by atoms with E-state index < -0.39 is 21.2 Å². The van der Waals surface area contributed by atoms with E-state index in [1.165, 1.54) is 6.07 Å². The van der Waals surface area contributed by atoms with Gasteiger partial charge in [0.15, 0.2) is 0 Å². The predicted molar refractivity (Wildman–Crippen MR) is 76.9 cm³/mol. The highest BCUT2D eigenvalue weighted by atomic mass is 35.5. The third-order valence-corrected chi connectivity index (χ3v) is 5.43. The Labute approximate surface area is 119 Å². The number of halogens is 1. The lowest BCUT2D eigenvalue weighted by Gasteiger charge is -2.37. The Morgan fingerprint density at radius 2 is 1.74 bits per heavy atom. The van der Waals surface area contributed by atoms with Crippen LogP contribution in [0.15, 0.2) is 23.1 Å². The van der Waals surface area contributed by atoms with Crippen molar-refractivity contribution in [3.63, 3.8) is 0 Å². The van der Waals surface area contributed by atoms with Gasteiger partial charge in [-0.2, -0.15) is 0 Å². The molecule has 0 spiro atoms. The zero-order valence-corrected chi connectivity index (χ0v) is 13.4. The quantitative estimate of drug-likeness (QED) is 0.898. The molecule has 1 rings (SSSR count). The van der Waals surface area contributed by atoms with Crippen LogP contribution in [-0.2, 0) is 10.0 Å². The van der Waals surface area contributed by atoms with Crippen LogP contribution >= 0.6 is 11.6 Å².